The summed E-state index contributed by atoms with van der Waals surface area (Å²) in [6.45, 7) is 10.5. The Morgan fingerprint density at radius 2 is 1.85 bits per heavy atom. The lowest BCUT2D eigenvalue weighted by Crippen LogP contribution is -1.87. The van der Waals surface area contributed by atoms with E-state index in [-0.39, 0.29) is 0 Å². The molecule has 134 valence electrons. The predicted octanol–water partition coefficient (Wildman–Crippen LogP) is 7.01. The molecule has 1 nitrogen and oxygen atoms in total. The van der Waals surface area contributed by atoms with E-state index < -0.39 is 0 Å². The predicted molar refractivity (Wildman–Crippen MR) is 115 cm³/mol. The lowest BCUT2D eigenvalue weighted by atomic mass is 9.98. The van der Waals surface area contributed by atoms with Gasteiger partial charge in [-0.1, -0.05) is 60.9 Å². The molecule has 0 radical (unpaired) electrons. The van der Waals surface area contributed by atoms with Gasteiger partial charge in [0.25, 0.3) is 0 Å². The number of benzene rings is 1. The minimum atomic E-state index is 0.838. The summed E-state index contributed by atoms with van der Waals surface area (Å²) < 4.78 is 0. The molecule has 0 amide bonds. The van der Waals surface area contributed by atoms with Crippen LogP contribution in [-0.2, 0) is 0 Å². The molecule has 0 fully saturated rings. The number of hydrogen-bond donors (Lipinski definition) is 1. The van der Waals surface area contributed by atoms with Crippen LogP contribution in [0.1, 0.15) is 50.4 Å². The number of terminal acetylenes is 1. The molecule has 0 spiro atoms. The summed E-state index contributed by atoms with van der Waals surface area (Å²) in [7, 11) is 0. The van der Waals surface area contributed by atoms with E-state index in [0.717, 1.165) is 29.7 Å². The van der Waals surface area contributed by atoms with Gasteiger partial charge in [0.2, 0.25) is 0 Å². The molecule has 0 unspecified atom stereocenters. The maximum Gasteiger partial charge on any atom is 0.0462 e. The molecular formula is C25H29N. The van der Waals surface area contributed by atoms with Crippen LogP contribution in [0.25, 0.3) is 16.8 Å². The minimum absolute atomic E-state index is 0.838. The van der Waals surface area contributed by atoms with Crippen LogP contribution < -0.4 is 0 Å². The average molecular weight is 344 g/mol. The Morgan fingerprint density at radius 1 is 1.15 bits per heavy atom. The van der Waals surface area contributed by atoms with Gasteiger partial charge in [0.1, 0.15) is 0 Å². The Bertz CT molecular complexity index is 877. The zero-order valence-electron chi connectivity index (χ0n) is 16.6. The molecule has 1 aromatic heterocycles. The first-order valence-corrected chi connectivity index (χ1v) is 9.26. The molecule has 0 aliphatic carbocycles. The number of nitrogens with one attached hydrogen (secondary N) is 1. The molecule has 1 N–H and O–H groups in total. The Hall–Kier alpha value is -2.72. The normalized spacial score (nSPS) is 13.0. The third kappa shape index (κ3) is 4.67. The van der Waals surface area contributed by atoms with Gasteiger partial charge in [0, 0.05) is 17.0 Å². The fraction of sp³-hybridized carbons (Fsp3) is 0.280. The van der Waals surface area contributed by atoms with Crippen LogP contribution in [0.3, 0.4) is 0 Å². The number of aryl methyl sites for hydroxylation is 2. The van der Waals surface area contributed by atoms with Crippen LogP contribution in [0.15, 0.2) is 59.7 Å². The monoisotopic (exact) mass is 343 g/mol. The Morgan fingerprint density at radius 3 is 2.42 bits per heavy atom. The lowest BCUT2D eigenvalue weighted by Gasteiger charge is -2.06. The van der Waals surface area contributed by atoms with Gasteiger partial charge in [0.05, 0.1) is 0 Å². The van der Waals surface area contributed by atoms with Crippen LogP contribution in [0.4, 0.5) is 0 Å². The van der Waals surface area contributed by atoms with Crippen molar-refractivity contribution in [3.05, 3.63) is 76.5 Å². The second-order valence-electron chi connectivity index (χ2n) is 6.66. The van der Waals surface area contributed by atoms with Crippen molar-refractivity contribution in [3.63, 3.8) is 0 Å². The molecule has 2 rings (SSSR count). The average Bonchev–Trinajstić information content (AvgIpc) is 3.03. The highest BCUT2D eigenvalue weighted by Gasteiger charge is 2.10. The van der Waals surface area contributed by atoms with E-state index in [9.17, 15) is 0 Å². The molecule has 0 aliphatic rings. The van der Waals surface area contributed by atoms with Crippen molar-refractivity contribution in [2.24, 2.45) is 0 Å². The van der Waals surface area contributed by atoms with Crippen LogP contribution in [0.2, 0.25) is 0 Å². The standard InChI is InChI=1S/C25H29N/c1-7-10-22(16-15-21(9-3)19(5)8-2)24-17-25(26-20(24)6)23-13-11-18(4)12-14-23/h3,8,10-15,17,26H,7,16H2,1-2,4-6H3/b19-8-,21-15-,22-10-. The summed E-state index contributed by atoms with van der Waals surface area (Å²) in [4.78, 5) is 3.54. The molecule has 1 aromatic carbocycles. The van der Waals surface area contributed by atoms with E-state index in [2.05, 4.69) is 87.2 Å². The fourth-order valence-corrected chi connectivity index (χ4v) is 3.03. The summed E-state index contributed by atoms with van der Waals surface area (Å²) >= 11 is 0. The van der Waals surface area contributed by atoms with Crippen molar-refractivity contribution in [2.75, 3.05) is 0 Å². The van der Waals surface area contributed by atoms with Crippen molar-refractivity contribution in [1.82, 2.24) is 4.98 Å². The van der Waals surface area contributed by atoms with Gasteiger partial charge in [-0.2, -0.15) is 0 Å². The Balaban J connectivity index is 2.37. The lowest BCUT2D eigenvalue weighted by molar-refractivity contribution is 1.19. The Labute approximate surface area is 158 Å². The van der Waals surface area contributed by atoms with Gasteiger partial charge < -0.3 is 4.98 Å². The zero-order valence-corrected chi connectivity index (χ0v) is 16.6. The van der Waals surface area contributed by atoms with E-state index >= 15 is 0 Å². The third-order valence-corrected chi connectivity index (χ3v) is 4.71. The van der Waals surface area contributed by atoms with Gasteiger partial charge in [-0.05, 0) is 68.9 Å². The molecule has 0 bridgehead atoms. The maximum absolute atomic E-state index is 5.69. The molecule has 1 heteroatoms. The van der Waals surface area contributed by atoms with Crippen molar-refractivity contribution in [3.8, 4) is 23.6 Å². The second-order valence-corrected chi connectivity index (χ2v) is 6.66. The molecule has 0 aliphatic heterocycles. The summed E-state index contributed by atoms with van der Waals surface area (Å²) in [5, 5.41) is 0. The van der Waals surface area contributed by atoms with E-state index in [0.29, 0.717) is 0 Å². The SMILES string of the molecule is C#CC(=C/C/C(=C/CC)c1cc(-c2ccc(C)cc2)[nH]c1C)/C(C)=C\C. The topological polar surface area (TPSA) is 15.8 Å². The Kier molecular flexibility index (Phi) is 6.87. The minimum Gasteiger partial charge on any atom is -0.358 e. The number of aromatic nitrogens is 1. The fourth-order valence-electron chi connectivity index (χ4n) is 3.03. The number of aromatic amines is 1. The van der Waals surface area contributed by atoms with Crippen LogP contribution in [0.5, 0.6) is 0 Å². The van der Waals surface area contributed by atoms with Crippen molar-refractivity contribution < 1.29 is 0 Å². The van der Waals surface area contributed by atoms with Crippen molar-refractivity contribution in [2.45, 2.75) is 47.5 Å². The summed E-state index contributed by atoms with van der Waals surface area (Å²) in [6, 6.07) is 10.9. The number of H-pyrrole nitrogens is 1. The first-order chi connectivity index (χ1) is 12.5. The van der Waals surface area contributed by atoms with Gasteiger partial charge in [-0.15, -0.1) is 6.42 Å². The first kappa shape index (κ1) is 19.6. The number of rotatable bonds is 6. The van der Waals surface area contributed by atoms with Gasteiger partial charge >= 0.3 is 0 Å². The zero-order chi connectivity index (χ0) is 19.1. The summed E-state index contributed by atoms with van der Waals surface area (Å²) in [5.41, 5.74) is 9.55. The molecule has 2 aromatic rings. The highest BCUT2D eigenvalue weighted by Crippen LogP contribution is 2.29. The van der Waals surface area contributed by atoms with Crippen molar-refractivity contribution >= 4 is 5.57 Å². The van der Waals surface area contributed by atoms with E-state index in [1.807, 2.05) is 6.92 Å². The van der Waals surface area contributed by atoms with Crippen LogP contribution >= 0.6 is 0 Å². The number of allylic oxidation sites excluding steroid dienone is 6. The highest BCUT2D eigenvalue weighted by atomic mass is 14.7. The van der Waals surface area contributed by atoms with Crippen LogP contribution in [0, 0.1) is 26.2 Å². The third-order valence-electron chi connectivity index (χ3n) is 4.71. The highest BCUT2D eigenvalue weighted by molar-refractivity contribution is 5.74. The van der Waals surface area contributed by atoms with Gasteiger partial charge in [0.15, 0.2) is 0 Å². The molecular weight excluding hydrogens is 314 g/mol. The van der Waals surface area contributed by atoms with E-state index in [1.165, 1.54) is 28.0 Å². The first-order valence-electron chi connectivity index (χ1n) is 9.26. The van der Waals surface area contributed by atoms with Gasteiger partial charge in [-0.25, -0.2) is 0 Å². The molecule has 0 saturated heterocycles. The quantitative estimate of drug-likeness (QED) is 0.429. The van der Waals surface area contributed by atoms with E-state index in [4.69, 9.17) is 6.42 Å². The molecule has 26 heavy (non-hydrogen) atoms. The number of hydrogen-bond acceptors (Lipinski definition) is 0. The summed E-state index contributed by atoms with van der Waals surface area (Å²) in [5.74, 6) is 2.81. The summed E-state index contributed by atoms with van der Waals surface area (Å²) in [6.07, 6.45) is 14.0. The molecule has 1 heterocycles. The van der Waals surface area contributed by atoms with E-state index in [1.54, 1.807) is 0 Å². The van der Waals surface area contributed by atoms with Crippen molar-refractivity contribution in [1.29, 1.82) is 0 Å². The largest absolute Gasteiger partial charge is 0.358 e. The molecule has 0 atom stereocenters. The van der Waals surface area contributed by atoms with Crippen LogP contribution in [-0.4, -0.2) is 4.98 Å². The molecule has 0 saturated carbocycles. The maximum atomic E-state index is 5.69. The van der Waals surface area contributed by atoms with Gasteiger partial charge in [-0.3, -0.25) is 0 Å². The smallest absolute Gasteiger partial charge is 0.0462 e. The second kappa shape index (κ2) is 9.11.